The average Bonchev–Trinajstić information content (AvgIpc) is 1.61. The van der Waals surface area contributed by atoms with E-state index in [2.05, 4.69) is 4.99 Å². The van der Waals surface area contributed by atoms with Crippen molar-refractivity contribution in [1.82, 2.24) is 0 Å². The van der Waals surface area contributed by atoms with Crippen molar-refractivity contribution < 1.29 is 4.79 Å². The van der Waals surface area contributed by atoms with Crippen LogP contribution in [0.2, 0.25) is 0 Å². The number of rotatable bonds is 2. The fourth-order valence-electron chi connectivity index (χ4n) is 0.0829. The summed E-state index contributed by atoms with van der Waals surface area (Å²) in [6.45, 7) is 0.156. The Kier molecular flexibility index (Phi) is 3.41. The van der Waals surface area contributed by atoms with Gasteiger partial charge in [-0.3, -0.25) is 0 Å². The lowest BCUT2D eigenvalue weighted by atomic mass is 10.8. The summed E-state index contributed by atoms with van der Waals surface area (Å²) in [5.74, 6) is 0. The quantitative estimate of drug-likeness (QED) is 0.370. The number of carbonyl (C=O) groups excluding carboxylic acids is 1. The largest absolute Gasteiger partial charge is 0.311 e. The van der Waals surface area contributed by atoms with E-state index < -0.39 is 0 Å². The van der Waals surface area contributed by atoms with E-state index in [-0.39, 0.29) is 6.54 Å². The molecule has 1 N–H and O–H groups in total. The second-order valence-corrected chi connectivity index (χ2v) is 0.636. The van der Waals surface area contributed by atoms with E-state index in [9.17, 15) is 0 Å². The molecule has 0 aliphatic heterocycles. The van der Waals surface area contributed by atoms with Gasteiger partial charge in [0.2, 0.25) is 6.08 Å². The van der Waals surface area contributed by atoms with Gasteiger partial charge < -0.3 is 5.41 Å². The standard InChI is InChI=1S/C3H4N2O/c4-1-2-5-3-6/h1,4H,2H2. The minimum atomic E-state index is 0.156. The van der Waals surface area contributed by atoms with Crippen molar-refractivity contribution in [3.8, 4) is 0 Å². The van der Waals surface area contributed by atoms with Crippen LogP contribution in [0.4, 0.5) is 0 Å². The third-order valence-electron chi connectivity index (χ3n) is 0.247. The summed E-state index contributed by atoms with van der Waals surface area (Å²) in [6, 6.07) is 0. The van der Waals surface area contributed by atoms with Gasteiger partial charge in [-0.15, -0.1) is 0 Å². The zero-order chi connectivity index (χ0) is 4.83. The van der Waals surface area contributed by atoms with Crippen LogP contribution in [0.3, 0.4) is 0 Å². The lowest BCUT2D eigenvalue weighted by molar-refractivity contribution is 0.564. The highest BCUT2D eigenvalue weighted by atomic mass is 16.1. The molecule has 0 aliphatic carbocycles. The summed E-state index contributed by atoms with van der Waals surface area (Å²) >= 11 is 0. The van der Waals surface area contributed by atoms with E-state index >= 15 is 0 Å². The molecule has 0 atom stereocenters. The molecule has 0 aliphatic rings. The smallest absolute Gasteiger partial charge is 0.235 e. The molecule has 0 aromatic carbocycles. The molecule has 0 fully saturated rings. The fraction of sp³-hybridized carbons (Fsp3) is 0.333. The van der Waals surface area contributed by atoms with E-state index in [4.69, 9.17) is 10.2 Å². The van der Waals surface area contributed by atoms with Crippen LogP contribution in [-0.2, 0) is 4.79 Å². The molecule has 0 unspecified atom stereocenters. The van der Waals surface area contributed by atoms with Gasteiger partial charge in [0.1, 0.15) is 0 Å². The van der Waals surface area contributed by atoms with Gasteiger partial charge in [0.05, 0.1) is 6.54 Å². The molecule has 0 saturated heterocycles. The molecule has 0 heterocycles. The lowest BCUT2D eigenvalue weighted by Gasteiger charge is -1.62. The van der Waals surface area contributed by atoms with E-state index in [0.717, 1.165) is 6.21 Å². The molecule has 0 rings (SSSR count). The number of hydrogen-bond donors (Lipinski definition) is 1. The Balaban J connectivity index is 3.07. The van der Waals surface area contributed by atoms with Gasteiger partial charge in [0, 0.05) is 6.21 Å². The zero-order valence-corrected chi connectivity index (χ0v) is 3.14. The molecule has 3 heteroatoms. The van der Waals surface area contributed by atoms with Crippen LogP contribution >= 0.6 is 0 Å². The molecule has 3 nitrogen and oxygen atoms in total. The predicted octanol–water partition coefficient (Wildman–Crippen LogP) is -0.0282. The van der Waals surface area contributed by atoms with Gasteiger partial charge >= 0.3 is 0 Å². The van der Waals surface area contributed by atoms with Gasteiger partial charge in [-0.25, -0.2) is 9.79 Å². The summed E-state index contributed by atoms with van der Waals surface area (Å²) in [6.07, 6.45) is 2.33. The Hall–Kier alpha value is -0.950. The minimum Gasteiger partial charge on any atom is -0.311 e. The maximum Gasteiger partial charge on any atom is 0.235 e. The third-order valence-corrected chi connectivity index (χ3v) is 0.247. The monoisotopic (exact) mass is 84.0 g/mol. The first kappa shape index (κ1) is 5.05. The Morgan fingerprint density at radius 3 is 2.83 bits per heavy atom. The maximum absolute atomic E-state index is 9.17. The van der Waals surface area contributed by atoms with Gasteiger partial charge in [-0.1, -0.05) is 0 Å². The fourth-order valence-corrected chi connectivity index (χ4v) is 0.0829. The molecule has 0 aromatic heterocycles. The molecular formula is C3H4N2O. The van der Waals surface area contributed by atoms with Crippen LogP contribution in [-0.4, -0.2) is 18.8 Å². The van der Waals surface area contributed by atoms with Crippen molar-refractivity contribution in [1.29, 1.82) is 5.41 Å². The van der Waals surface area contributed by atoms with E-state index in [0.29, 0.717) is 0 Å². The third kappa shape index (κ3) is 3.05. The molecule has 0 bridgehead atoms. The molecule has 32 valence electrons. The average molecular weight is 84.1 g/mol. The Labute approximate surface area is 35.2 Å². The number of isocyanates is 1. The van der Waals surface area contributed by atoms with Crippen molar-refractivity contribution in [3.63, 3.8) is 0 Å². The van der Waals surface area contributed by atoms with Crippen LogP contribution in [0.15, 0.2) is 4.99 Å². The molecule has 0 amide bonds. The second kappa shape index (κ2) is 4.05. The van der Waals surface area contributed by atoms with E-state index in [1.54, 1.807) is 0 Å². The SMILES string of the molecule is N=CCN=C=O. The number of aliphatic imine (C=N–C) groups is 1. The van der Waals surface area contributed by atoms with E-state index in [1.807, 2.05) is 0 Å². The van der Waals surface area contributed by atoms with Crippen molar-refractivity contribution in [2.45, 2.75) is 0 Å². The normalized spacial score (nSPS) is 6.00. The van der Waals surface area contributed by atoms with Crippen molar-refractivity contribution >= 4 is 12.3 Å². The minimum absolute atomic E-state index is 0.156. The summed E-state index contributed by atoms with van der Waals surface area (Å²) in [5.41, 5.74) is 0. The van der Waals surface area contributed by atoms with Crippen molar-refractivity contribution in [2.24, 2.45) is 4.99 Å². The highest BCUT2D eigenvalue weighted by Crippen LogP contribution is 1.51. The predicted molar refractivity (Wildman–Crippen MR) is 21.8 cm³/mol. The lowest BCUT2D eigenvalue weighted by Crippen LogP contribution is -1.73. The summed E-state index contributed by atoms with van der Waals surface area (Å²) < 4.78 is 0. The van der Waals surface area contributed by atoms with E-state index in [1.165, 1.54) is 6.08 Å². The van der Waals surface area contributed by atoms with Crippen LogP contribution < -0.4 is 0 Å². The topological polar surface area (TPSA) is 53.3 Å². The second-order valence-electron chi connectivity index (χ2n) is 0.636. The van der Waals surface area contributed by atoms with Gasteiger partial charge in [0.15, 0.2) is 0 Å². The van der Waals surface area contributed by atoms with Crippen molar-refractivity contribution in [2.75, 3.05) is 6.54 Å². The molecule has 0 radical (unpaired) electrons. The number of nitrogens with one attached hydrogen (secondary N) is 1. The van der Waals surface area contributed by atoms with Crippen LogP contribution in [0.5, 0.6) is 0 Å². The maximum atomic E-state index is 9.17. The first-order chi connectivity index (χ1) is 2.91. The Morgan fingerprint density at radius 1 is 2.00 bits per heavy atom. The van der Waals surface area contributed by atoms with Gasteiger partial charge in [-0.2, -0.15) is 0 Å². The van der Waals surface area contributed by atoms with Gasteiger partial charge in [-0.05, 0) is 0 Å². The number of hydrogen-bond acceptors (Lipinski definition) is 3. The summed E-state index contributed by atoms with van der Waals surface area (Å²) in [7, 11) is 0. The summed E-state index contributed by atoms with van der Waals surface area (Å²) in [5, 5.41) is 6.31. The van der Waals surface area contributed by atoms with Gasteiger partial charge in [0.25, 0.3) is 0 Å². The van der Waals surface area contributed by atoms with Crippen LogP contribution in [0.1, 0.15) is 0 Å². The number of nitrogens with zero attached hydrogens (tertiary/aromatic N) is 1. The first-order valence-corrected chi connectivity index (χ1v) is 1.44. The molecular weight excluding hydrogens is 80.0 g/mol. The highest BCUT2D eigenvalue weighted by molar-refractivity contribution is 5.57. The molecule has 6 heavy (non-hydrogen) atoms. The first-order valence-electron chi connectivity index (χ1n) is 1.44. The molecule has 0 aromatic rings. The van der Waals surface area contributed by atoms with Crippen molar-refractivity contribution in [3.05, 3.63) is 0 Å². The Morgan fingerprint density at radius 2 is 2.67 bits per heavy atom. The zero-order valence-electron chi connectivity index (χ0n) is 3.14. The summed E-state index contributed by atoms with van der Waals surface area (Å²) in [4.78, 5) is 12.2. The highest BCUT2D eigenvalue weighted by Gasteiger charge is 1.60. The Bertz CT molecular complexity index is 82.8. The molecule has 0 spiro atoms. The van der Waals surface area contributed by atoms with Crippen LogP contribution in [0.25, 0.3) is 0 Å². The van der Waals surface area contributed by atoms with Crippen LogP contribution in [0, 0.1) is 5.41 Å². The molecule has 0 saturated carbocycles.